The zero-order chi connectivity index (χ0) is 19.5. The van der Waals surface area contributed by atoms with Crippen molar-refractivity contribution < 1.29 is 14.0 Å². The molecule has 5 nitrogen and oxygen atoms in total. The molecule has 1 fully saturated rings. The Morgan fingerprint density at radius 2 is 1.43 bits per heavy atom. The van der Waals surface area contributed by atoms with Crippen molar-refractivity contribution in [3.05, 3.63) is 83.7 Å². The molecule has 1 saturated heterocycles. The Balaban J connectivity index is 1.35. The molecule has 0 saturated carbocycles. The SMILES string of the molecule is O=C(NN1CCN(C(=O)c2ccc3ccccc3c2)CC1)c1ccc(F)cc1. The minimum absolute atomic E-state index is 0.00439. The van der Waals surface area contributed by atoms with E-state index >= 15 is 0 Å². The van der Waals surface area contributed by atoms with Crippen LogP contribution in [0.1, 0.15) is 20.7 Å². The molecule has 142 valence electrons. The molecule has 0 bridgehead atoms. The molecule has 0 aromatic heterocycles. The first-order valence-corrected chi connectivity index (χ1v) is 9.20. The van der Waals surface area contributed by atoms with Crippen LogP contribution in [0.25, 0.3) is 10.8 Å². The third kappa shape index (κ3) is 3.87. The predicted molar refractivity (Wildman–Crippen MR) is 105 cm³/mol. The van der Waals surface area contributed by atoms with Crippen molar-refractivity contribution in [2.45, 2.75) is 0 Å². The standard InChI is InChI=1S/C22H20FN3O2/c23-20-9-7-17(8-10-20)21(27)24-26-13-11-25(12-14-26)22(28)19-6-5-16-3-1-2-4-18(16)15-19/h1-10,15H,11-14H2,(H,24,27). The highest BCUT2D eigenvalue weighted by atomic mass is 19.1. The van der Waals surface area contributed by atoms with E-state index in [0.717, 1.165) is 10.8 Å². The molecular formula is C22H20FN3O2. The Hall–Kier alpha value is -3.25. The summed E-state index contributed by atoms with van der Waals surface area (Å²) in [5, 5.41) is 3.93. The number of hydrogen-bond acceptors (Lipinski definition) is 3. The highest BCUT2D eigenvalue weighted by Gasteiger charge is 2.23. The molecule has 0 aliphatic carbocycles. The van der Waals surface area contributed by atoms with Crippen LogP contribution in [0.5, 0.6) is 0 Å². The Labute approximate surface area is 162 Å². The summed E-state index contributed by atoms with van der Waals surface area (Å²) in [4.78, 5) is 26.8. The number of hydrogen-bond donors (Lipinski definition) is 1. The molecule has 0 unspecified atom stereocenters. The summed E-state index contributed by atoms with van der Waals surface area (Å²) in [5.41, 5.74) is 3.88. The van der Waals surface area contributed by atoms with Crippen LogP contribution in [0, 0.1) is 5.82 Å². The van der Waals surface area contributed by atoms with E-state index in [4.69, 9.17) is 0 Å². The lowest BCUT2D eigenvalue weighted by Crippen LogP contribution is -2.54. The third-order valence-corrected chi connectivity index (χ3v) is 4.93. The molecule has 3 aromatic rings. The van der Waals surface area contributed by atoms with Gasteiger partial charge in [-0.05, 0) is 47.2 Å². The summed E-state index contributed by atoms with van der Waals surface area (Å²) in [6.45, 7) is 2.11. The Morgan fingerprint density at radius 1 is 0.786 bits per heavy atom. The van der Waals surface area contributed by atoms with Gasteiger partial charge in [-0.1, -0.05) is 30.3 Å². The van der Waals surface area contributed by atoms with Gasteiger partial charge >= 0.3 is 0 Å². The lowest BCUT2D eigenvalue weighted by Gasteiger charge is -2.34. The van der Waals surface area contributed by atoms with E-state index in [2.05, 4.69) is 5.43 Å². The van der Waals surface area contributed by atoms with E-state index < -0.39 is 0 Å². The molecule has 0 spiro atoms. The summed E-state index contributed by atoms with van der Waals surface area (Å²) in [7, 11) is 0. The normalized spacial score (nSPS) is 14.8. The lowest BCUT2D eigenvalue weighted by atomic mass is 10.1. The van der Waals surface area contributed by atoms with Crippen LogP contribution in [0.4, 0.5) is 4.39 Å². The number of nitrogens with zero attached hydrogens (tertiary/aromatic N) is 2. The van der Waals surface area contributed by atoms with Gasteiger partial charge in [-0.25, -0.2) is 9.40 Å². The van der Waals surface area contributed by atoms with E-state index in [1.807, 2.05) is 42.5 Å². The fourth-order valence-corrected chi connectivity index (χ4v) is 3.34. The van der Waals surface area contributed by atoms with Crippen molar-refractivity contribution in [2.24, 2.45) is 0 Å². The smallest absolute Gasteiger partial charge is 0.265 e. The number of fused-ring (bicyclic) bond motifs is 1. The number of benzene rings is 3. The molecular weight excluding hydrogens is 357 g/mol. The van der Waals surface area contributed by atoms with Gasteiger partial charge in [0.15, 0.2) is 0 Å². The number of nitrogens with one attached hydrogen (secondary N) is 1. The van der Waals surface area contributed by atoms with E-state index in [1.165, 1.54) is 24.3 Å². The minimum atomic E-state index is -0.377. The summed E-state index contributed by atoms with van der Waals surface area (Å²) in [6.07, 6.45) is 0. The zero-order valence-electron chi connectivity index (χ0n) is 15.3. The lowest BCUT2D eigenvalue weighted by molar-refractivity contribution is 0.0506. The highest BCUT2D eigenvalue weighted by Crippen LogP contribution is 2.17. The Kier molecular flexibility index (Phi) is 5.04. The summed E-state index contributed by atoms with van der Waals surface area (Å²) >= 11 is 0. The van der Waals surface area contributed by atoms with Crippen LogP contribution < -0.4 is 5.43 Å². The maximum absolute atomic E-state index is 13.0. The molecule has 28 heavy (non-hydrogen) atoms. The van der Waals surface area contributed by atoms with Crippen LogP contribution in [-0.4, -0.2) is 47.9 Å². The largest absolute Gasteiger partial charge is 0.336 e. The molecule has 0 radical (unpaired) electrons. The topological polar surface area (TPSA) is 52.7 Å². The summed E-state index contributed by atoms with van der Waals surface area (Å²) in [6, 6.07) is 19.1. The number of hydrazine groups is 1. The molecule has 0 atom stereocenters. The van der Waals surface area contributed by atoms with Crippen LogP contribution >= 0.6 is 0 Å². The first-order chi connectivity index (χ1) is 13.6. The second kappa shape index (κ2) is 7.78. The number of halogens is 1. The van der Waals surface area contributed by atoms with E-state index in [9.17, 15) is 14.0 Å². The second-order valence-corrected chi connectivity index (χ2v) is 6.79. The third-order valence-electron chi connectivity index (χ3n) is 4.93. The van der Waals surface area contributed by atoms with Gasteiger partial charge in [-0.2, -0.15) is 0 Å². The van der Waals surface area contributed by atoms with Crippen LogP contribution in [-0.2, 0) is 0 Å². The number of rotatable bonds is 3. The van der Waals surface area contributed by atoms with Crippen LogP contribution in [0.3, 0.4) is 0 Å². The number of amides is 2. The van der Waals surface area contributed by atoms with Gasteiger partial charge in [0, 0.05) is 37.3 Å². The molecule has 1 aliphatic heterocycles. The molecule has 6 heteroatoms. The van der Waals surface area contributed by atoms with Gasteiger partial charge in [0.05, 0.1) is 0 Å². The average Bonchev–Trinajstić information content (AvgIpc) is 2.74. The molecule has 1 aliphatic rings. The van der Waals surface area contributed by atoms with Gasteiger partial charge in [-0.15, -0.1) is 0 Å². The maximum Gasteiger partial charge on any atom is 0.265 e. The molecule has 1 heterocycles. The summed E-state index contributed by atoms with van der Waals surface area (Å²) < 4.78 is 13.0. The molecule has 2 amide bonds. The Bertz CT molecular complexity index is 1010. The van der Waals surface area contributed by atoms with Crippen molar-refractivity contribution >= 4 is 22.6 Å². The first kappa shape index (κ1) is 18.1. The van der Waals surface area contributed by atoms with Crippen molar-refractivity contribution in [3.8, 4) is 0 Å². The second-order valence-electron chi connectivity index (χ2n) is 6.79. The first-order valence-electron chi connectivity index (χ1n) is 9.20. The monoisotopic (exact) mass is 377 g/mol. The van der Waals surface area contributed by atoms with Crippen LogP contribution in [0.2, 0.25) is 0 Å². The molecule has 4 rings (SSSR count). The van der Waals surface area contributed by atoms with Crippen molar-refractivity contribution in [1.82, 2.24) is 15.3 Å². The molecule has 1 N–H and O–H groups in total. The average molecular weight is 377 g/mol. The van der Waals surface area contributed by atoms with Crippen molar-refractivity contribution in [3.63, 3.8) is 0 Å². The minimum Gasteiger partial charge on any atom is -0.336 e. The maximum atomic E-state index is 13.0. The van der Waals surface area contributed by atoms with Gasteiger partial charge in [0.1, 0.15) is 5.82 Å². The fourth-order valence-electron chi connectivity index (χ4n) is 3.34. The Morgan fingerprint density at radius 3 is 2.14 bits per heavy atom. The predicted octanol–water partition coefficient (Wildman–Crippen LogP) is 3.08. The van der Waals surface area contributed by atoms with Gasteiger partial charge in [0.25, 0.3) is 11.8 Å². The highest BCUT2D eigenvalue weighted by molar-refractivity contribution is 5.98. The van der Waals surface area contributed by atoms with E-state index in [1.54, 1.807) is 9.91 Å². The number of carbonyl (C=O) groups excluding carboxylic acids is 2. The fraction of sp³-hybridized carbons (Fsp3) is 0.182. The van der Waals surface area contributed by atoms with E-state index in [0.29, 0.717) is 37.3 Å². The van der Waals surface area contributed by atoms with Crippen molar-refractivity contribution in [1.29, 1.82) is 0 Å². The number of piperazine rings is 1. The zero-order valence-corrected chi connectivity index (χ0v) is 15.3. The number of carbonyl (C=O) groups is 2. The quantitative estimate of drug-likeness (QED) is 0.763. The van der Waals surface area contributed by atoms with Crippen molar-refractivity contribution in [2.75, 3.05) is 26.2 Å². The van der Waals surface area contributed by atoms with Gasteiger partial charge in [0.2, 0.25) is 0 Å². The van der Waals surface area contributed by atoms with Gasteiger partial charge < -0.3 is 4.90 Å². The molecule has 3 aromatic carbocycles. The van der Waals surface area contributed by atoms with Gasteiger partial charge in [-0.3, -0.25) is 15.0 Å². The van der Waals surface area contributed by atoms with E-state index in [-0.39, 0.29) is 17.6 Å². The summed E-state index contributed by atoms with van der Waals surface area (Å²) in [5.74, 6) is -0.665. The van der Waals surface area contributed by atoms with Crippen LogP contribution in [0.15, 0.2) is 66.7 Å².